The number of quaternary nitrogens is 1. The number of aromatic amines is 1. The van der Waals surface area contributed by atoms with E-state index < -0.39 is 0 Å². The molecular weight excluding hydrogens is 212 g/mol. The van der Waals surface area contributed by atoms with Gasteiger partial charge in [0, 0.05) is 23.5 Å². The Kier molecular flexibility index (Phi) is 4.15. The number of benzene rings is 1. The maximum absolute atomic E-state index is 8.87. The summed E-state index contributed by atoms with van der Waals surface area (Å²) in [4.78, 5) is 3.22. The van der Waals surface area contributed by atoms with E-state index in [1.807, 2.05) is 25.3 Å². The molecule has 0 aliphatic rings. The Morgan fingerprint density at radius 2 is 2.13 bits per heavy atom. The van der Waals surface area contributed by atoms with Crippen LogP contribution >= 0.6 is 0 Å². The summed E-state index contributed by atoms with van der Waals surface area (Å²) in [6.07, 6.45) is 2.89. The van der Waals surface area contributed by atoms with Gasteiger partial charge in [-0.1, -0.05) is 18.2 Å². The van der Waals surface area contributed by atoms with Crippen LogP contribution < -0.4 is 17.9 Å². The molecule has 0 radical (unpaired) electrons. The summed E-state index contributed by atoms with van der Waals surface area (Å²) in [6, 6.07) is 8.42. The Hall–Kier alpha value is -1.03. The van der Waals surface area contributed by atoms with Crippen molar-refractivity contribution in [1.82, 2.24) is 4.98 Å². The number of para-hydroxylation sites is 1. The zero-order valence-corrected chi connectivity index (χ0v) is 9.33. The molecular formula is C11H15ClN2O. The van der Waals surface area contributed by atoms with Crippen molar-refractivity contribution in [3.63, 3.8) is 0 Å². The number of aromatic nitrogens is 1. The quantitative estimate of drug-likeness (QED) is 0.524. The molecule has 3 nitrogen and oxygen atoms in total. The number of rotatable bonds is 3. The van der Waals surface area contributed by atoms with Crippen molar-refractivity contribution in [1.29, 1.82) is 0 Å². The third kappa shape index (κ3) is 2.50. The van der Waals surface area contributed by atoms with E-state index in [9.17, 15) is 0 Å². The molecule has 1 unspecified atom stereocenters. The lowest BCUT2D eigenvalue weighted by atomic mass is 10.1. The largest absolute Gasteiger partial charge is 1.00 e. The normalized spacial score (nSPS) is 12.4. The third-order valence-electron chi connectivity index (χ3n) is 2.47. The Morgan fingerprint density at radius 3 is 2.87 bits per heavy atom. The fraction of sp³-hybridized carbons (Fsp3) is 0.273. The molecule has 4 heteroatoms. The summed E-state index contributed by atoms with van der Waals surface area (Å²) in [5, 5.41) is 10.1. The highest BCUT2D eigenvalue weighted by Crippen LogP contribution is 2.18. The Balaban J connectivity index is 0.00000112. The minimum atomic E-state index is 0. The fourth-order valence-corrected chi connectivity index (χ4v) is 1.70. The zero-order chi connectivity index (χ0) is 9.97. The minimum absolute atomic E-state index is 0. The number of nitrogens with one attached hydrogen (secondary N) is 1. The van der Waals surface area contributed by atoms with E-state index in [0.717, 1.165) is 11.9 Å². The molecule has 1 aromatic carbocycles. The first-order valence-electron chi connectivity index (χ1n) is 4.84. The molecule has 2 rings (SSSR count). The molecule has 82 valence electrons. The van der Waals surface area contributed by atoms with E-state index in [2.05, 4.69) is 17.1 Å². The van der Waals surface area contributed by atoms with Crippen molar-refractivity contribution in [3.05, 3.63) is 36.0 Å². The molecule has 4 N–H and O–H groups in total. The SMILES string of the molecule is CC(Cc1c[nH]c2ccccc12)[NH2+]O.[Cl-]. The van der Waals surface area contributed by atoms with Crippen LogP contribution in [-0.2, 0) is 6.42 Å². The van der Waals surface area contributed by atoms with Crippen LogP contribution in [0.4, 0.5) is 0 Å². The lowest BCUT2D eigenvalue weighted by Gasteiger charge is -2.03. The van der Waals surface area contributed by atoms with E-state index in [1.54, 1.807) is 0 Å². The van der Waals surface area contributed by atoms with Crippen LogP contribution in [0.25, 0.3) is 10.9 Å². The summed E-state index contributed by atoms with van der Waals surface area (Å²) in [7, 11) is 0. The van der Waals surface area contributed by atoms with Crippen molar-refractivity contribution in [2.45, 2.75) is 19.4 Å². The van der Waals surface area contributed by atoms with Crippen molar-refractivity contribution < 1.29 is 23.1 Å². The van der Waals surface area contributed by atoms with E-state index in [0.29, 0.717) is 0 Å². The van der Waals surface area contributed by atoms with Crippen LogP contribution in [0.3, 0.4) is 0 Å². The number of halogens is 1. The lowest BCUT2D eigenvalue weighted by molar-refractivity contribution is -0.907. The maximum atomic E-state index is 8.87. The first-order valence-corrected chi connectivity index (χ1v) is 4.84. The van der Waals surface area contributed by atoms with Gasteiger partial charge in [-0.2, -0.15) is 0 Å². The Labute approximate surface area is 94.9 Å². The molecule has 0 amide bonds. The molecule has 1 aromatic heterocycles. The molecule has 2 aromatic rings. The van der Waals surface area contributed by atoms with E-state index in [-0.39, 0.29) is 18.4 Å². The van der Waals surface area contributed by atoms with Gasteiger partial charge in [-0.05, 0) is 18.6 Å². The molecule has 0 spiro atoms. The lowest BCUT2D eigenvalue weighted by Crippen LogP contribution is -3.00. The van der Waals surface area contributed by atoms with Crippen molar-refractivity contribution in [3.8, 4) is 0 Å². The summed E-state index contributed by atoms with van der Waals surface area (Å²) in [5.74, 6) is 0. The third-order valence-corrected chi connectivity index (χ3v) is 2.47. The van der Waals surface area contributed by atoms with Crippen LogP contribution in [0.15, 0.2) is 30.5 Å². The number of hydrogen-bond donors (Lipinski definition) is 3. The number of H-pyrrole nitrogens is 1. The number of nitrogens with two attached hydrogens (primary N) is 1. The smallest absolute Gasteiger partial charge is 0.117 e. The van der Waals surface area contributed by atoms with Crippen LogP contribution in [0.2, 0.25) is 0 Å². The molecule has 1 heterocycles. The first kappa shape index (κ1) is 12.0. The van der Waals surface area contributed by atoms with Gasteiger partial charge in [0.05, 0.1) is 0 Å². The van der Waals surface area contributed by atoms with E-state index in [4.69, 9.17) is 5.21 Å². The molecule has 1 atom stereocenters. The number of hydrogen-bond acceptors (Lipinski definition) is 1. The van der Waals surface area contributed by atoms with E-state index >= 15 is 0 Å². The Bertz CT molecular complexity index is 427. The Morgan fingerprint density at radius 1 is 1.40 bits per heavy atom. The van der Waals surface area contributed by atoms with Crippen LogP contribution in [0, 0.1) is 0 Å². The highest BCUT2D eigenvalue weighted by atomic mass is 35.5. The van der Waals surface area contributed by atoms with Gasteiger partial charge < -0.3 is 17.4 Å². The van der Waals surface area contributed by atoms with Crippen molar-refractivity contribution in [2.24, 2.45) is 0 Å². The van der Waals surface area contributed by atoms with Crippen molar-refractivity contribution in [2.75, 3.05) is 0 Å². The highest BCUT2D eigenvalue weighted by Gasteiger charge is 2.08. The van der Waals surface area contributed by atoms with Gasteiger partial charge in [0.25, 0.3) is 0 Å². The standard InChI is InChI=1S/C11H14N2O.ClH/c1-8(13-14)6-9-7-12-11-5-3-2-4-10(9)11;/h2-5,7-8,12-14H,6H2,1H3;1H. The van der Waals surface area contributed by atoms with Gasteiger partial charge in [-0.25, -0.2) is 10.7 Å². The zero-order valence-electron chi connectivity index (χ0n) is 8.57. The average Bonchev–Trinajstić information content (AvgIpc) is 2.62. The van der Waals surface area contributed by atoms with E-state index in [1.165, 1.54) is 16.4 Å². The predicted octanol–water partition coefficient (Wildman–Crippen LogP) is -1.94. The van der Waals surface area contributed by atoms with Gasteiger partial charge in [0.15, 0.2) is 0 Å². The molecule has 0 aliphatic carbocycles. The molecule has 0 fully saturated rings. The molecule has 0 saturated carbocycles. The molecule has 15 heavy (non-hydrogen) atoms. The summed E-state index contributed by atoms with van der Waals surface area (Å²) in [6.45, 7) is 2.00. The van der Waals surface area contributed by atoms with Crippen LogP contribution in [-0.4, -0.2) is 16.2 Å². The predicted molar refractivity (Wildman–Crippen MR) is 55.2 cm³/mol. The van der Waals surface area contributed by atoms with Gasteiger partial charge in [0.1, 0.15) is 6.04 Å². The fourth-order valence-electron chi connectivity index (χ4n) is 1.70. The highest BCUT2D eigenvalue weighted by molar-refractivity contribution is 5.83. The second-order valence-corrected chi connectivity index (χ2v) is 3.69. The summed E-state index contributed by atoms with van der Waals surface area (Å²) >= 11 is 0. The number of hydroxylamine groups is 1. The molecule has 0 aliphatic heterocycles. The monoisotopic (exact) mass is 226 g/mol. The average molecular weight is 227 g/mol. The van der Waals surface area contributed by atoms with Gasteiger partial charge in [0.2, 0.25) is 0 Å². The van der Waals surface area contributed by atoms with Crippen LogP contribution in [0.5, 0.6) is 0 Å². The summed E-state index contributed by atoms with van der Waals surface area (Å²) in [5.41, 5.74) is 3.67. The van der Waals surface area contributed by atoms with Crippen molar-refractivity contribution >= 4 is 10.9 Å². The van der Waals surface area contributed by atoms with Gasteiger partial charge >= 0.3 is 0 Å². The first-order chi connectivity index (χ1) is 6.81. The van der Waals surface area contributed by atoms with Gasteiger partial charge in [-0.15, -0.1) is 0 Å². The van der Waals surface area contributed by atoms with Crippen LogP contribution in [0.1, 0.15) is 12.5 Å². The second-order valence-electron chi connectivity index (χ2n) is 3.69. The molecule has 0 bridgehead atoms. The number of fused-ring (bicyclic) bond motifs is 1. The summed E-state index contributed by atoms with van der Waals surface area (Å²) < 4.78 is 0. The second kappa shape index (κ2) is 5.16. The topological polar surface area (TPSA) is 52.6 Å². The molecule has 0 saturated heterocycles. The van der Waals surface area contributed by atoms with Gasteiger partial charge in [-0.3, -0.25) is 0 Å². The maximum Gasteiger partial charge on any atom is 0.117 e. The minimum Gasteiger partial charge on any atom is -1.00 e.